The minimum absolute atomic E-state index is 0.00360. The fourth-order valence-corrected chi connectivity index (χ4v) is 7.37. The van der Waals surface area contributed by atoms with E-state index in [9.17, 15) is 0 Å². The molecule has 0 bridgehead atoms. The van der Waals surface area contributed by atoms with Gasteiger partial charge in [-0.05, 0) is 68.8 Å². The van der Waals surface area contributed by atoms with Crippen molar-refractivity contribution in [2.24, 2.45) is 0 Å². The molecule has 0 unspecified atom stereocenters. The van der Waals surface area contributed by atoms with Gasteiger partial charge in [0.25, 0.3) is 0 Å². The lowest BCUT2D eigenvalue weighted by Crippen LogP contribution is -2.57. The highest BCUT2D eigenvalue weighted by molar-refractivity contribution is 6.90. The Morgan fingerprint density at radius 3 is 2.07 bits per heavy atom. The largest absolute Gasteiger partial charge is 0.375 e. The Hall–Kier alpha value is -4.24. The molecule has 0 fully saturated rings. The van der Waals surface area contributed by atoms with Crippen LogP contribution >= 0.6 is 0 Å². The Balaban J connectivity index is 1.60. The van der Waals surface area contributed by atoms with Gasteiger partial charge in [0.2, 0.25) is 0 Å². The fraction of sp³-hybridized carbons (Fsp3) is 0.211. The first kappa shape index (κ1) is 24.6. The lowest BCUT2D eigenvalue weighted by atomic mass is 9.44. The molecule has 0 N–H and O–H groups in total. The molecule has 0 radical (unpaired) electrons. The number of hydrogen-bond acceptors (Lipinski definition) is 1. The second-order valence-corrected chi connectivity index (χ2v) is 13.9. The Labute approximate surface area is 243 Å². The van der Waals surface area contributed by atoms with Gasteiger partial charge in [-0.2, -0.15) is 0 Å². The molecular formula is C38H35BN2. The van der Waals surface area contributed by atoms with Gasteiger partial charge < -0.3 is 9.38 Å². The van der Waals surface area contributed by atoms with Crippen LogP contribution in [0.1, 0.15) is 52.7 Å². The predicted octanol–water partition coefficient (Wildman–Crippen LogP) is 8.81. The van der Waals surface area contributed by atoms with Crippen LogP contribution in [0.4, 0.5) is 17.1 Å². The number of benzene rings is 5. The maximum absolute atomic E-state index is 2.66. The Kier molecular flexibility index (Phi) is 4.89. The molecule has 41 heavy (non-hydrogen) atoms. The summed E-state index contributed by atoms with van der Waals surface area (Å²) >= 11 is 0. The van der Waals surface area contributed by atoms with E-state index in [4.69, 9.17) is 0 Å². The maximum atomic E-state index is 2.66. The number of hydrogen-bond donors (Lipinski definition) is 0. The molecule has 8 rings (SSSR count). The van der Waals surface area contributed by atoms with Gasteiger partial charge in [0.05, 0.1) is 0 Å². The van der Waals surface area contributed by atoms with Crippen molar-refractivity contribution in [1.29, 1.82) is 0 Å². The molecule has 0 amide bonds. The summed E-state index contributed by atoms with van der Waals surface area (Å²) in [6.45, 7) is 14.1. The number of nitrogens with zero attached hydrogens (tertiary/aromatic N) is 2. The molecule has 6 aromatic rings. The predicted molar refractivity (Wildman–Crippen MR) is 177 cm³/mol. The van der Waals surface area contributed by atoms with E-state index in [1.165, 1.54) is 72.0 Å². The van der Waals surface area contributed by atoms with Crippen molar-refractivity contribution in [2.75, 3.05) is 4.90 Å². The summed E-state index contributed by atoms with van der Waals surface area (Å²) in [5.41, 5.74) is 14.8. The highest BCUT2D eigenvalue weighted by Crippen LogP contribution is 2.47. The first-order valence-corrected chi connectivity index (χ1v) is 14.8. The Bertz CT molecular complexity index is 2020. The summed E-state index contributed by atoms with van der Waals surface area (Å²) in [7, 11) is 0. The van der Waals surface area contributed by atoms with E-state index in [2.05, 4.69) is 154 Å². The van der Waals surface area contributed by atoms with Crippen LogP contribution in [0, 0.1) is 0 Å². The second-order valence-electron chi connectivity index (χ2n) is 13.9. The number of fused-ring (bicyclic) bond motifs is 7. The quantitative estimate of drug-likeness (QED) is 0.193. The summed E-state index contributed by atoms with van der Waals surface area (Å²) in [4.78, 5) is 2.50. The zero-order valence-corrected chi connectivity index (χ0v) is 24.8. The molecular weight excluding hydrogens is 495 g/mol. The number of anilines is 3. The van der Waals surface area contributed by atoms with Crippen molar-refractivity contribution in [1.82, 2.24) is 4.48 Å². The van der Waals surface area contributed by atoms with Crippen molar-refractivity contribution in [2.45, 2.75) is 52.4 Å². The van der Waals surface area contributed by atoms with E-state index in [0.717, 1.165) is 0 Å². The Morgan fingerprint density at radius 2 is 1.32 bits per heavy atom. The summed E-state index contributed by atoms with van der Waals surface area (Å²) in [5.74, 6) is 0. The molecule has 2 aliphatic rings. The Morgan fingerprint density at radius 1 is 0.610 bits per heavy atom. The van der Waals surface area contributed by atoms with Crippen LogP contribution in [0.25, 0.3) is 32.9 Å². The third-order valence-corrected chi connectivity index (χ3v) is 9.25. The molecule has 2 aliphatic heterocycles. The third-order valence-electron chi connectivity index (χ3n) is 9.25. The molecule has 0 aliphatic carbocycles. The SMILES string of the molecule is CC(C)(C)c1ccc2c(c1)B1c3c(ccc(C(C)(C)C)c3-c3cccc4c5ccccc5n1c34)N2c1ccccc1. The number of rotatable bonds is 1. The van der Waals surface area contributed by atoms with E-state index >= 15 is 0 Å². The highest BCUT2D eigenvalue weighted by atomic mass is 15.2. The van der Waals surface area contributed by atoms with Crippen LogP contribution in [0.3, 0.4) is 0 Å². The van der Waals surface area contributed by atoms with Gasteiger partial charge >= 0.3 is 6.85 Å². The van der Waals surface area contributed by atoms with E-state index in [1.807, 2.05) is 0 Å². The summed E-state index contributed by atoms with van der Waals surface area (Å²) in [5, 5.41) is 2.67. The highest BCUT2D eigenvalue weighted by Gasteiger charge is 2.44. The van der Waals surface area contributed by atoms with Crippen LogP contribution < -0.4 is 15.8 Å². The molecule has 200 valence electrons. The average molecular weight is 531 g/mol. The minimum atomic E-state index is -0.00360. The molecule has 2 nitrogen and oxygen atoms in total. The molecule has 5 aromatic carbocycles. The van der Waals surface area contributed by atoms with Crippen LogP contribution in [0.15, 0.2) is 103 Å². The zero-order chi connectivity index (χ0) is 28.3. The van der Waals surface area contributed by atoms with Gasteiger partial charge in [0.15, 0.2) is 0 Å². The van der Waals surface area contributed by atoms with E-state index in [0.29, 0.717) is 0 Å². The molecule has 0 atom stereocenters. The molecule has 3 heterocycles. The summed E-state index contributed by atoms with van der Waals surface area (Å²) in [6, 6.07) is 38.8. The topological polar surface area (TPSA) is 8.17 Å². The first-order chi connectivity index (χ1) is 19.6. The van der Waals surface area contributed by atoms with Crippen molar-refractivity contribution < 1.29 is 0 Å². The van der Waals surface area contributed by atoms with Crippen molar-refractivity contribution in [3.63, 3.8) is 0 Å². The van der Waals surface area contributed by atoms with Crippen LogP contribution in [-0.2, 0) is 10.8 Å². The number of para-hydroxylation sites is 3. The smallest absolute Gasteiger partial charge is 0.333 e. The van der Waals surface area contributed by atoms with Gasteiger partial charge in [-0.25, -0.2) is 0 Å². The summed E-state index contributed by atoms with van der Waals surface area (Å²) in [6.07, 6.45) is 0. The first-order valence-electron chi connectivity index (χ1n) is 14.8. The second kappa shape index (κ2) is 8.16. The third kappa shape index (κ3) is 3.32. The molecule has 1 aromatic heterocycles. The van der Waals surface area contributed by atoms with E-state index in [1.54, 1.807) is 0 Å². The van der Waals surface area contributed by atoms with Gasteiger partial charge in [0, 0.05) is 44.4 Å². The average Bonchev–Trinajstić information content (AvgIpc) is 3.29. The van der Waals surface area contributed by atoms with Crippen molar-refractivity contribution >= 4 is 56.6 Å². The molecule has 3 heteroatoms. The van der Waals surface area contributed by atoms with Gasteiger partial charge in [-0.1, -0.05) is 114 Å². The fourth-order valence-electron chi connectivity index (χ4n) is 7.37. The molecule has 0 saturated heterocycles. The van der Waals surface area contributed by atoms with Gasteiger partial charge in [0.1, 0.15) is 0 Å². The zero-order valence-electron chi connectivity index (χ0n) is 24.8. The molecule has 0 spiro atoms. The van der Waals surface area contributed by atoms with Crippen molar-refractivity contribution in [3.05, 3.63) is 114 Å². The lowest BCUT2D eigenvalue weighted by molar-refractivity contribution is 0.591. The van der Waals surface area contributed by atoms with E-state index in [-0.39, 0.29) is 17.7 Å². The van der Waals surface area contributed by atoms with Crippen LogP contribution in [0.2, 0.25) is 0 Å². The van der Waals surface area contributed by atoms with Gasteiger partial charge in [-0.3, -0.25) is 0 Å². The lowest BCUT2D eigenvalue weighted by Gasteiger charge is -2.42. The molecule has 0 saturated carbocycles. The van der Waals surface area contributed by atoms with Gasteiger partial charge in [-0.15, -0.1) is 0 Å². The van der Waals surface area contributed by atoms with Crippen LogP contribution in [0.5, 0.6) is 0 Å². The standard InChI is InChI=1S/C38H35BN2/c1-37(2,3)24-19-21-32-30(23-24)39-35-33(40(32)25-13-8-7-9-14-25)22-20-29(38(4,5)6)34(35)28-17-12-16-27-26-15-10-11-18-31(26)41(39)36(27)28/h7-23H,1-6H3. The number of aromatic nitrogens is 1. The normalized spacial score (nSPS) is 14.0. The van der Waals surface area contributed by atoms with Crippen LogP contribution in [-0.4, -0.2) is 11.3 Å². The summed E-state index contributed by atoms with van der Waals surface area (Å²) < 4.78 is 2.66. The minimum Gasteiger partial charge on any atom is -0.375 e. The monoisotopic (exact) mass is 530 g/mol. The maximum Gasteiger partial charge on any atom is 0.333 e. The van der Waals surface area contributed by atoms with Crippen molar-refractivity contribution in [3.8, 4) is 11.1 Å². The van der Waals surface area contributed by atoms with E-state index < -0.39 is 0 Å².